The Morgan fingerprint density at radius 1 is 1.11 bits per heavy atom. The van der Waals surface area contributed by atoms with Crippen molar-refractivity contribution < 1.29 is 9.47 Å². The van der Waals surface area contributed by atoms with Crippen LogP contribution in [0.4, 0.5) is 0 Å². The van der Waals surface area contributed by atoms with Crippen LogP contribution < -0.4 is 15.2 Å². The van der Waals surface area contributed by atoms with E-state index in [0.717, 1.165) is 30.8 Å². The Kier molecular flexibility index (Phi) is 5.99. The molecule has 0 saturated carbocycles. The van der Waals surface area contributed by atoms with Crippen molar-refractivity contribution in [2.75, 3.05) is 20.3 Å². The van der Waals surface area contributed by atoms with Gasteiger partial charge < -0.3 is 15.2 Å². The molecule has 0 saturated heterocycles. The van der Waals surface area contributed by atoms with Crippen molar-refractivity contribution >= 4 is 0 Å². The summed E-state index contributed by atoms with van der Waals surface area (Å²) in [5.41, 5.74) is 6.03. The normalized spacial score (nSPS) is 14.0. The van der Waals surface area contributed by atoms with Crippen LogP contribution in [0.15, 0.2) is 24.3 Å². The summed E-state index contributed by atoms with van der Waals surface area (Å²) in [7, 11) is 1.66. The van der Waals surface area contributed by atoms with Crippen molar-refractivity contribution in [3.63, 3.8) is 0 Å². The number of hydrogen-bond acceptors (Lipinski definition) is 3. The Balaban J connectivity index is 2.40. The predicted octanol–water partition coefficient (Wildman–Crippen LogP) is 3.23. The van der Waals surface area contributed by atoms with Gasteiger partial charge in [0.25, 0.3) is 0 Å². The molecule has 1 aromatic carbocycles. The van der Waals surface area contributed by atoms with E-state index in [2.05, 4.69) is 13.8 Å². The van der Waals surface area contributed by atoms with Crippen LogP contribution in [0.3, 0.4) is 0 Å². The summed E-state index contributed by atoms with van der Waals surface area (Å²) < 4.78 is 10.8. The second-order valence-corrected chi connectivity index (χ2v) is 5.04. The molecule has 0 aliphatic carbocycles. The SMILES string of the molecule is CCCC(C)(CN)CCOc1ccc(OC)cc1. The van der Waals surface area contributed by atoms with E-state index >= 15 is 0 Å². The van der Waals surface area contributed by atoms with Gasteiger partial charge >= 0.3 is 0 Å². The molecule has 0 spiro atoms. The maximum atomic E-state index is 5.84. The lowest BCUT2D eigenvalue weighted by Gasteiger charge is -2.27. The quantitative estimate of drug-likeness (QED) is 0.771. The minimum absolute atomic E-state index is 0.196. The third-order valence-corrected chi connectivity index (χ3v) is 3.38. The second kappa shape index (κ2) is 7.27. The van der Waals surface area contributed by atoms with Crippen LogP contribution in [-0.2, 0) is 0 Å². The average Bonchev–Trinajstić information content (AvgIpc) is 2.40. The zero-order chi connectivity index (χ0) is 13.4. The van der Waals surface area contributed by atoms with Crippen LogP contribution in [0.1, 0.15) is 33.1 Å². The van der Waals surface area contributed by atoms with E-state index in [4.69, 9.17) is 15.2 Å². The van der Waals surface area contributed by atoms with Gasteiger partial charge in [0.15, 0.2) is 0 Å². The minimum atomic E-state index is 0.196. The molecule has 0 radical (unpaired) electrons. The predicted molar refractivity (Wildman–Crippen MR) is 75.2 cm³/mol. The zero-order valence-electron chi connectivity index (χ0n) is 11.7. The maximum Gasteiger partial charge on any atom is 0.119 e. The molecule has 0 aliphatic heterocycles. The van der Waals surface area contributed by atoms with Gasteiger partial charge in [0.1, 0.15) is 11.5 Å². The van der Waals surface area contributed by atoms with Gasteiger partial charge in [-0.3, -0.25) is 0 Å². The number of methoxy groups -OCH3 is 1. The van der Waals surface area contributed by atoms with Crippen LogP contribution >= 0.6 is 0 Å². The molecule has 0 bridgehead atoms. The van der Waals surface area contributed by atoms with Gasteiger partial charge in [-0.15, -0.1) is 0 Å². The van der Waals surface area contributed by atoms with Crippen molar-refractivity contribution in [3.8, 4) is 11.5 Å². The number of hydrogen-bond donors (Lipinski definition) is 1. The topological polar surface area (TPSA) is 44.5 Å². The van der Waals surface area contributed by atoms with Crippen LogP contribution in [0, 0.1) is 5.41 Å². The van der Waals surface area contributed by atoms with Gasteiger partial charge in [-0.25, -0.2) is 0 Å². The molecular formula is C15H25NO2. The minimum Gasteiger partial charge on any atom is -0.497 e. The van der Waals surface area contributed by atoms with Gasteiger partial charge in [-0.2, -0.15) is 0 Å². The molecule has 1 rings (SSSR count). The number of nitrogens with two attached hydrogens (primary N) is 1. The summed E-state index contributed by atoms with van der Waals surface area (Å²) in [4.78, 5) is 0. The van der Waals surface area contributed by atoms with Crippen molar-refractivity contribution in [3.05, 3.63) is 24.3 Å². The van der Waals surface area contributed by atoms with Crippen molar-refractivity contribution in [1.82, 2.24) is 0 Å². The summed E-state index contributed by atoms with van der Waals surface area (Å²) in [6.07, 6.45) is 3.30. The average molecular weight is 251 g/mol. The molecule has 0 fully saturated rings. The van der Waals surface area contributed by atoms with E-state index in [0.29, 0.717) is 13.2 Å². The number of ether oxygens (including phenoxy) is 2. The molecule has 1 unspecified atom stereocenters. The fourth-order valence-electron chi connectivity index (χ4n) is 2.02. The first-order valence-electron chi connectivity index (χ1n) is 6.60. The van der Waals surface area contributed by atoms with Gasteiger partial charge in [0, 0.05) is 0 Å². The first-order chi connectivity index (χ1) is 8.63. The van der Waals surface area contributed by atoms with Crippen LogP contribution in [0.2, 0.25) is 0 Å². The fraction of sp³-hybridized carbons (Fsp3) is 0.600. The van der Waals surface area contributed by atoms with Gasteiger partial charge in [0.05, 0.1) is 13.7 Å². The van der Waals surface area contributed by atoms with Gasteiger partial charge in [-0.05, 0) is 49.1 Å². The highest BCUT2D eigenvalue weighted by atomic mass is 16.5. The number of benzene rings is 1. The first-order valence-corrected chi connectivity index (χ1v) is 6.60. The molecule has 0 amide bonds. The summed E-state index contributed by atoms with van der Waals surface area (Å²) in [6, 6.07) is 7.67. The molecule has 102 valence electrons. The van der Waals surface area contributed by atoms with E-state index in [1.807, 2.05) is 24.3 Å². The Hall–Kier alpha value is -1.22. The fourth-order valence-corrected chi connectivity index (χ4v) is 2.02. The molecule has 0 aliphatic rings. The van der Waals surface area contributed by atoms with Crippen LogP contribution in [0.5, 0.6) is 11.5 Å². The Morgan fingerprint density at radius 2 is 1.72 bits per heavy atom. The van der Waals surface area contributed by atoms with Crippen molar-refractivity contribution in [2.24, 2.45) is 11.1 Å². The lowest BCUT2D eigenvalue weighted by molar-refractivity contribution is 0.204. The summed E-state index contributed by atoms with van der Waals surface area (Å²) in [5.74, 6) is 1.73. The molecule has 0 heterocycles. The van der Waals surface area contributed by atoms with E-state index in [1.165, 1.54) is 0 Å². The van der Waals surface area contributed by atoms with Crippen LogP contribution in [-0.4, -0.2) is 20.3 Å². The smallest absolute Gasteiger partial charge is 0.119 e. The summed E-state index contributed by atoms with van der Waals surface area (Å²) in [5, 5.41) is 0. The van der Waals surface area contributed by atoms with Crippen molar-refractivity contribution in [2.45, 2.75) is 33.1 Å². The lowest BCUT2D eigenvalue weighted by atomic mass is 9.83. The largest absolute Gasteiger partial charge is 0.497 e. The van der Waals surface area contributed by atoms with E-state index in [1.54, 1.807) is 7.11 Å². The lowest BCUT2D eigenvalue weighted by Crippen LogP contribution is -2.29. The van der Waals surface area contributed by atoms with Crippen molar-refractivity contribution in [1.29, 1.82) is 0 Å². The molecule has 1 aromatic rings. The van der Waals surface area contributed by atoms with E-state index in [9.17, 15) is 0 Å². The highest BCUT2D eigenvalue weighted by Crippen LogP contribution is 2.26. The molecule has 3 heteroatoms. The summed E-state index contributed by atoms with van der Waals surface area (Å²) >= 11 is 0. The zero-order valence-corrected chi connectivity index (χ0v) is 11.7. The van der Waals surface area contributed by atoms with Gasteiger partial charge in [0.2, 0.25) is 0 Å². The molecule has 3 nitrogen and oxygen atoms in total. The molecule has 0 aromatic heterocycles. The Bertz CT molecular complexity index is 337. The third-order valence-electron chi connectivity index (χ3n) is 3.38. The van der Waals surface area contributed by atoms with E-state index in [-0.39, 0.29) is 5.41 Å². The second-order valence-electron chi connectivity index (χ2n) is 5.04. The van der Waals surface area contributed by atoms with Crippen LogP contribution in [0.25, 0.3) is 0 Å². The van der Waals surface area contributed by atoms with Gasteiger partial charge in [-0.1, -0.05) is 20.3 Å². The number of rotatable bonds is 8. The Morgan fingerprint density at radius 3 is 2.22 bits per heavy atom. The standard InChI is InChI=1S/C15H25NO2/c1-4-9-15(2,12-16)10-11-18-14-7-5-13(17-3)6-8-14/h5-8H,4,9-12,16H2,1-3H3. The third kappa shape index (κ3) is 4.57. The molecule has 1 atom stereocenters. The summed E-state index contributed by atoms with van der Waals surface area (Å²) in [6.45, 7) is 5.85. The first kappa shape index (κ1) is 14.8. The molecular weight excluding hydrogens is 226 g/mol. The Labute approximate surface area is 110 Å². The highest BCUT2D eigenvalue weighted by molar-refractivity contribution is 5.31. The molecule has 2 N–H and O–H groups in total. The maximum absolute atomic E-state index is 5.84. The van der Waals surface area contributed by atoms with E-state index < -0.39 is 0 Å². The highest BCUT2D eigenvalue weighted by Gasteiger charge is 2.21. The molecule has 18 heavy (non-hydrogen) atoms. The monoisotopic (exact) mass is 251 g/mol.